The average molecular weight is 398 g/mol. The van der Waals surface area contributed by atoms with Gasteiger partial charge in [0.2, 0.25) is 5.78 Å². The normalized spacial score (nSPS) is 11.4. The molecule has 0 unspecified atom stereocenters. The van der Waals surface area contributed by atoms with Gasteiger partial charge in [0.15, 0.2) is 5.76 Å². The molecule has 4 rings (SSSR count). The largest absolute Gasteiger partial charge is 0.573 e. The van der Waals surface area contributed by atoms with E-state index in [0.717, 1.165) is 0 Å². The maximum absolute atomic E-state index is 12.7. The SMILES string of the molecule is O=C(c1cn(-c2cccc(-c3ccccc3OC(F)(F)F)c2)cn1)c1ccco1. The molecule has 0 atom stereocenters. The highest BCUT2D eigenvalue weighted by atomic mass is 19.4. The van der Waals surface area contributed by atoms with Crippen LogP contribution >= 0.6 is 0 Å². The van der Waals surface area contributed by atoms with Crippen LogP contribution in [0, 0.1) is 0 Å². The molecule has 2 heterocycles. The zero-order chi connectivity index (χ0) is 20.4. The molecule has 0 fully saturated rings. The Morgan fingerprint density at radius 1 is 1.03 bits per heavy atom. The standard InChI is InChI=1S/C21H13F3N2O3/c22-21(23,24)29-18-8-2-1-7-16(18)14-5-3-6-15(11-14)26-12-17(25-13-26)20(27)19-9-4-10-28-19/h1-13H. The summed E-state index contributed by atoms with van der Waals surface area (Å²) in [7, 11) is 0. The molecule has 5 nitrogen and oxygen atoms in total. The van der Waals surface area contributed by atoms with Crippen molar-refractivity contribution < 1.29 is 27.1 Å². The molecule has 0 aliphatic rings. The first-order valence-electron chi connectivity index (χ1n) is 8.48. The molecule has 2 aromatic heterocycles. The zero-order valence-corrected chi connectivity index (χ0v) is 14.8. The summed E-state index contributed by atoms with van der Waals surface area (Å²) in [6, 6.07) is 15.8. The van der Waals surface area contributed by atoms with Crippen LogP contribution in [0.1, 0.15) is 16.2 Å². The lowest BCUT2D eigenvalue weighted by Gasteiger charge is -2.14. The van der Waals surface area contributed by atoms with Crippen LogP contribution in [0.15, 0.2) is 83.9 Å². The Kier molecular flexibility index (Phi) is 4.67. The van der Waals surface area contributed by atoms with Gasteiger partial charge in [-0.1, -0.05) is 30.3 Å². The molecule has 0 saturated heterocycles. The van der Waals surface area contributed by atoms with Crippen molar-refractivity contribution >= 4 is 5.78 Å². The number of benzene rings is 2. The Morgan fingerprint density at radius 2 is 1.86 bits per heavy atom. The van der Waals surface area contributed by atoms with E-state index in [-0.39, 0.29) is 23.0 Å². The topological polar surface area (TPSA) is 57.3 Å². The van der Waals surface area contributed by atoms with Crippen LogP contribution in [-0.4, -0.2) is 21.7 Å². The molecule has 0 aliphatic carbocycles. The highest BCUT2D eigenvalue weighted by molar-refractivity contribution is 6.05. The van der Waals surface area contributed by atoms with Crippen LogP contribution in [0.5, 0.6) is 5.75 Å². The van der Waals surface area contributed by atoms with E-state index in [9.17, 15) is 18.0 Å². The molecule has 0 saturated carbocycles. The van der Waals surface area contributed by atoms with E-state index in [1.54, 1.807) is 53.1 Å². The Balaban J connectivity index is 1.67. The van der Waals surface area contributed by atoms with Crippen LogP contribution in [0.4, 0.5) is 13.2 Å². The summed E-state index contributed by atoms with van der Waals surface area (Å²) in [6.07, 6.45) is -0.414. The van der Waals surface area contributed by atoms with E-state index in [1.165, 1.54) is 30.9 Å². The summed E-state index contributed by atoms with van der Waals surface area (Å²) in [5, 5.41) is 0. The second kappa shape index (κ2) is 7.31. The third-order valence-electron chi connectivity index (χ3n) is 4.13. The monoisotopic (exact) mass is 398 g/mol. The van der Waals surface area contributed by atoms with E-state index in [1.807, 2.05) is 0 Å². The maximum atomic E-state index is 12.7. The first-order chi connectivity index (χ1) is 13.9. The molecular weight excluding hydrogens is 385 g/mol. The van der Waals surface area contributed by atoms with E-state index >= 15 is 0 Å². The lowest BCUT2D eigenvalue weighted by atomic mass is 10.0. The van der Waals surface area contributed by atoms with Crippen molar-refractivity contribution in [2.75, 3.05) is 0 Å². The molecule has 0 aliphatic heterocycles. The third-order valence-corrected chi connectivity index (χ3v) is 4.13. The van der Waals surface area contributed by atoms with Crippen molar-refractivity contribution in [3.05, 3.63) is 90.9 Å². The molecule has 2 aromatic carbocycles. The van der Waals surface area contributed by atoms with Gasteiger partial charge in [-0.3, -0.25) is 4.79 Å². The van der Waals surface area contributed by atoms with Crippen molar-refractivity contribution in [2.24, 2.45) is 0 Å². The van der Waals surface area contributed by atoms with Crippen molar-refractivity contribution in [1.82, 2.24) is 9.55 Å². The Labute approximate surface area is 163 Å². The van der Waals surface area contributed by atoms with Crippen molar-refractivity contribution in [3.63, 3.8) is 0 Å². The van der Waals surface area contributed by atoms with E-state index in [0.29, 0.717) is 16.8 Å². The summed E-state index contributed by atoms with van der Waals surface area (Å²) in [5.41, 5.74) is 1.62. The fraction of sp³-hybridized carbons (Fsp3) is 0.0476. The number of furan rings is 1. The van der Waals surface area contributed by atoms with Gasteiger partial charge >= 0.3 is 6.36 Å². The first kappa shape index (κ1) is 18.5. The number of nitrogens with zero attached hydrogens (tertiary/aromatic N) is 2. The summed E-state index contributed by atoms with van der Waals surface area (Å²) in [6.45, 7) is 0. The first-order valence-corrected chi connectivity index (χ1v) is 8.48. The minimum atomic E-state index is -4.79. The molecule has 4 aromatic rings. The van der Waals surface area contributed by atoms with E-state index in [2.05, 4.69) is 9.72 Å². The number of aromatic nitrogens is 2. The number of rotatable bonds is 5. The van der Waals surface area contributed by atoms with Gasteiger partial charge in [-0.2, -0.15) is 0 Å². The minimum Gasteiger partial charge on any atom is -0.461 e. The van der Waals surface area contributed by atoms with Gasteiger partial charge in [0, 0.05) is 17.4 Å². The Hall–Kier alpha value is -3.81. The average Bonchev–Trinajstić information content (AvgIpc) is 3.39. The van der Waals surface area contributed by atoms with Gasteiger partial charge in [0.1, 0.15) is 17.8 Å². The highest BCUT2D eigenvalue weighted by Gasteiger charge is 2.32. The number of imidazole rings is 1. The maximum Gasteiger partial charge on any atom is 0.573 e. The van der Waals surface area contributed by atoms with Crippen LogP contribution in [-0.2, 0) is 0 Å². The molecule has 0 N–H and O–H groups in total. The molecule has 0 bridgehead atoms. The molecule has 8 heteroatoms. The van der Waals surface area contributed by atoms with E-state index < -0.39 is 6.36 Å². The summed E-state index contributed by atoms with van der Waals surface area (Å²) in [5.74, 6) is -0.493. The van der Waals surface area contributed by atoms with Crippen molar-refractivity contribution in [1.29, 1.82) is 0 Å². The van der Waals surface area contributed by atoms with Gasteiger partial charge in [0.05, 0.1) is 6.26 Å². The molecular formula is C21H13F3N2O3. The minimum absolute atomic E-state index is 0.169. The van der Waals surface area contributed by atoms with Crippen LogP contribution in [0.2, 0.25) is 0 Å². The molecule has 146 valence electrons. The molecule has 0 amide bonds. The molecule has 0 radical (unpaired) electrons. The smallest absolute Gasteiger partial charge is 0.461 e. The molecule has 0 spiro atoms. The van der Waals surface area contributed by atoms with Gasteiger partial charge in [0.25, 0.3) is 0 Å². The number of carbonyl (C=O) groups excluding carboxylic acids is 1. The third kappa shape index (κ3) is 4.06. The highest BCUT2D eigenvalue weighted by Crippen LogP contribution is 2.34. The summed E-state index contributed by atoms with van der Waals surface area (Å²) < 4.78 is 48.9. The number of halogens is 3. The number of alkyl halides is 3. The number of carbonyl (C=O) groups is 1. The Morgan fingerprint density at radius 3 is 2.62 bits per heavy atom. The van der Waals surface area contributed by atoms with Crippen molar-refractivity contribution in [3.8, 4) is 22.6 Å². The lowest BCUT2D eigenvalue weighted by molar-refractivity contribution is -0.274. The lowest BCUT2D eigenvalue weighted by Crippen LogP contribution is -2.17. The zero-order valence-electron chi connectivity index (χ0n) is 14.8. The number of ether oxygens (including phenoxy) is 1. The van der Waals surface area contributed by atoms with Crippen LogP contribution < -0.4 is 4.74 Å². The fourth-order valence-electron chi connectivity index (χ4n) is 2.87. The van der Waals surface area contributed by atoms with Gasteiger partial charge < -0.3 is 13.7 Å². The fourth-order valence-corrected chi connectivity index (χ4v) is 2.87. The van der Waals surface area contributed by atoms with Crippen LogP contribution in [0.25, 0.3) is 16.8 Å². The molecule has 29 heavy (non-hydrogen) atoms. The number of hydrogen-bond donors (Lipinski definition) is 0. The predicted molar refractivity (Wildman–Crippen MR) is 97.8 cm³/mol. The van der Waals surface area contributed by atoms with E-state index in [4.69, 9.17) is 4.42 Å². The quantitative estimate of drug-likeness (QED) is 0.430. The van der Waals surface area contributed by atoms with Gasteiger partial charge in [-0.25, -0.2) is 4.98 Å². The number of para-hydroxylation sites is 1. The number of hydrogen-bond acceptors (Lipinski definition) is 4. The predicted octanol–water partition coefficient (Wildman–Crippen LogP) is 5.26. The second-order valence-electron chi connectivity index (χ2n) is 6.07. The summed E-state index contributed by atoms with van der Waals surface area (Å²) in [4.78, 5) is 16.4. The summed E-state index contributed by atoms with van der Waals surface area (Å²) >= 11 is 0. The van der Waals surface area contributed by atoms with Gasteiger partial charge in [-0.15, -0.1) is 13.2 Å². The van der Waals surface area contributed by atoms with Crippen LogP contribution in [0.3, 0.4) is 0 Å². The second-order valence-corrected chi connectivity index (χ2v) is 6.07. The Bertz CT molecular complexity index is 1150. The van der Waals surface area contributed by atoms with Crippen molar-refractivity contribution in [2.45, 2.75) is 6.36 Å². The number of ketones is 1. The van der Waals surface area contributed by atoms with Gasteiger partial charge in [-0.05, 0) is 35.9 Å².